The number of rotatable bonds is 5. The Labute approximate surface area is 143 Å². The van der Waals surface area contributed by atoms with E-state index >= 15 is 0 Å². The van der Waals surface area contributed by atoms with Crippen molar-refractivity contribution >= 4 is 29.4 Å². The van der Waals surface area contributed by atoms with Gasteiger partial charge < -0.3 is 9.84 Å². The number of hydrogen-bond acceptors (Lipinski definition) is 7. The summed E-state index contributed by atoms with van der Waals surface area (Å²) in [5, 5.41) is 11.8. The molecule has 1 saturated heterocycles. The molecule has 24 heavy (non-hydrogen) atoms. The number of fused-ring (bicyclic) bond motifs is 1. The third-order valence-electron chi connectivity index (χ3n) is 3.65. The predicted molar refractivity (Wildman–Crippen MR) is 89.2 cm³/mol. The Hall–Kier alpha value is -2.32. The first-order chi connectivity index (χ1) is 11.6. The zero-order valence-electron chi connectivity index (χ0n) is 13.0. The standard InChI is InChI=1S/C16H17N3O4S/c1-2-23-16(22)11-9-17-19-13(24-10-6-4-3-5-7-10)8-12(15(20)21)18-14(11)19/h3-8,11,14,17H,2,9H2,1H3,(H,20,21). The van der Waals surface area contributed by atoms with Gasteiger partial charge in [-0.05, 0) is 19.1 Å². The maximum atomic E-state index is 12.1. The number of thioether (sulfide) groups is 1. The topological polar surface area (TPSA) is 91.2 Å². The zero-order valence-corrected chi connectivity index (χ0v) is 13.8. The number of benzene rings is 1. The number of nitrogens with one attached hydrogen (secondary N) is 1. The Bertz CT molecular complexity index is 705. The third kappa shape index (κ3) is 3.29. The highest BCUT2D eigenvalue weighted by atomic mass is 32.2. The second-order valence-electron chi connectivity index (χ2n) is 5.22. The molecule has 0 bridgehead atoms. The number of aliphatic imine (C=N–C) groups is 1. The molecule has 2 N–H and O–H groups in total. The summed E-state index contributed by atoms with van der Waals surface area (Å²) in [5.74, 6) is -2.04. The summed E-state index contributed by atoms with van der Waals surface area (Å²) >= 11 is 1.42. The SMILES string of the molecule is CCOC(=O)C1CNN2C(Sc3ccccc3)=CC(C(=O)O)=NC12. The number of carboxylic acids is 1. The number of carbonyl (C=O) groups excluding carboxylic acids is 1. The van der Waals surface area contributed by atoms with E-state index in [0.717, 1.165) is 4.90 Å². The summed E-state index contributed by atoms with van der Waals surface area (Å²) in [6, 6.07) is 9.61. The van der Waals surface area contributed by atoms with E-state index in [-0.39, 0.29) is 18.3 Å². The summed E-state index contributed by atoms with van der Waals surface area (Å²) in [5.41, 5.74) is 3.06. The molecule has 2 aliphatic heterocycles. The van der Waals surface area contributed by atoms with Crippen LogP contribution in [0.15, 0.2) is 51.3 Å². The number of carboxylic acid groups (broad SMARTS) is 1. The van der Waals surface area contributed by atoms with Crippen molar-refractivity contribution in [2.45, 2.75) is 18.0 Å². The van der Waals surface area contributed by atoms with Crippen molar-refractivity contribution in [1.29, 1.82) is 0 Å². The van der Waals surface area contributed by atoms with Gasteiger partial charge in [0.15, 0.2) is 6.17 Å². The Morgan fingerprint density at radius 2 is 2.17 bits per heavy atom. The highest BCUT2D eigenvalue weighted by Crippen LogP contribution is 2.36. The van der Waals surface area contributed by atoms with Crippen LogP contribution in [0.2, 0.25) is 0 Å². The highest BCUT2D eigenvalue weighted by Gasteiger charge is 2.43. The maximum absolute atomic E-state index is 12.1. The minimum absolute atomic E-state index is 0.0623. The van der Waals surface area contributed by atoms with E-state index in [2.05, 4.69) is 10.4 Å². The second-order valence-corrected chi connectivity index (χ2v) is 6.32. The first-order valence-corrected chi connectivity index (χ1v) is 8.37. The molecule has 8 heteroatoms. The molecule has 0 aliphatic carbocycles. The Kier molecular flexibility index (Phi) is 4.86. The molecule has 1 aromatic carbocycles. The van der Waals surface area contributed by atoms with Crippen LogP contribution in [0, 0.1) is 5.92 Å². The number of nitrogens with zero attached hydrogens (tertiary/aromatic N) is 2. The summed E-state index contributed by atoms with van der Waals surface area (Å²) in [6.45, 7) is 2.37. The van der Waals surface area contributed by atoms with E-state index in [1.165, 1.54) is 17.8 Å². The molecule has 0 radical (unpaired) electrons. The van der Waals surface area contributed by atoms with Gasteiger partial charge in [0, 0.05) is 17.5 Å². The lowest BCUT2D eigenvalue weighted by Gasteiger charge is -2.30. The fourth-order valence-electron chi connectivity index (χ4n) is 2.56. The number of carbonyl (C=O) groups is 2. The fourth-order valence-corrected chi connectivity index (χ4v) is 3.53. The van der Waals surface area contributed by atoms with Crippen molar-refractivity contribution in [2.75, 3.05) is 13.2 Å². The molecule has 2 aliphatic rings. The molecule has 7 nitrogen and oxygen atoms in total. The van der Waals surface area contributed by atoms with Crippen LogP contribution >= 0.6 is 11.8 Å². The van der Waals surface area contributed by atoms with Crippen molar-refractivity contribution in [3.8, 4) is 0 Å². The van der Waals surface area contributed by atoms with E-state index in [1.807, 2.05) is 30.3 Å². The second kappa shape index (κ2) is 7.06. The molecule has 2 atom stereocenters. The van der Waals surface area contributed by atoms with E-state index < -0.39 is 18.1 Å². The van der Waals surface area contributed by atoms with E-state index in [9.17, 15) is 14.7 Å². The lowest BCUT2D eigenvalue weighted by Crippen LogP contribution is -2.41. The summed E-state index contributed by atoms with van der Waals surface area (Å²) < 4.78 is 5.08. The van der Waals surface area contributed by atoms with Crippen LogP contribution in [0.4, 0.5) is 0 Å². The van der Waals surface area contributed by atoms with E-state index in [4.69, 9.17) is 4.74 Å². The van der Waals surface area contributed by atoms with Crippen molar-refractivity contribution in [3.05, 3.63) is 41.4 Å². The summed E-state index contributed by atoms with van der Waals surface area (Å²) in [4.78, 5) is 28.7. The molecule has 1 fully saturated rings. The summed E-state index contributed by atoms with van der Waals surface area (Å²) in [7, 11) is 0. The number of hydrogen-bond donors (Lipinski definition) is 2. The van der Waals surface area contributed by atoms with Crippen LogP contribution in [0.3, 0.4) is 0 Å². The van der Waals surface area contributed by atoms with Crippen LogP contribution in [0.25, 0.3) is 0 Å². The normalized spacial score (nSPS) is 22.5. The van der Waals surface area contributed by atoms with Crippen LogP contribution in [0.5, 0.6) is 0 Å². The number of aliphatic carboxylic acids is 1. The molecular formula is C16H17N3O4S. The molecule has 2 unspecified atom stereocenters. The largest absolute Gasteiger partial charge is 0.477 e. The van der Waals surface area contributed by atoms with Crippen molar-refractivity contribution < 1.29 is 19.4 Å². The first kappa shape index (κ1) is 16.5. The van der Waals surface area contributed by atoms with Gasteiger partial charge in [-0.25, -0.2) is 10.2 Å². The first-order valence-electron chi connectivity index (χ1n) is 7.55. The average Bonchev–Trinajstić information content (AvgIpc) is 3.00. The minimum Gasteiger partial charge on any atom is -0.477 e. The van der Waals surface area contributed by atoms with E-state index in [0.29, 0.717) is 11.6 Å². The van der Waals surface area contributed by atoms with Gasteiger partial charge in [0.25, 0.3) is 0 Å². The molecule has 0 amide bonds. The van der Waals surface area contributed by atoms with Crippen molar-refractivity contribution in [3.63, 3.8) is 0 Å². The molecule has 2 heterocycles. The van der Waals surface area contributed by atoms with Crippen molar-refractivity contribution in [2.24, 2.45) is 10.9 Å². The zero-order chi connectivity index (χ0) is 17.1. The van der Waals surface area contributed by atoms with Crippen LogP contribution in [-0.2, 0) is 14.3 Å². The Morgan fingerprint density at radius 3 is 2.83 bits per heavy atom. The van der Waals surface area contributed by atoms with Gasteiger partial charge in [0.1, 0.15) is 11.6 Å². The average molecular weight is 347 g/mol. The molecular weight excluding hydrogens is 330 g/mol. The Morgan fingerprint density at radius 1 is 1.42 bits per heavy atom. The molecule has 1 aromatic rings. The lowest BCUT2D eigenvalue weighted by molar-refractivity contribution is -0.148. The number of ether oxygens (including phenoxy) is 1. The van der Waals surface area contributed by atoms with Crippen LogP contribution in [0.1, 0.15) is 6.92 Å². The van der Waals surface area contributed by atoms with Gasteiger partial charge in [-0.3, -0.25) is 14.8 Å². The third-order valence-corrected chi connectivity index (χ3v) is 4.68. The predicted octanol–water partition coefficient (Wildman–Crippen LogP) is 1.48. The number of esters is 1. The van der Waals surface area contributed by atoms with Gasteiger partial charge in [-0.1, -0.05) is 30.0 Å². The van der Waals surface area contributed by atoms with Crippen molar-refractivity contribution in [1.82, 2.24) is 10.4 Å². The van der Waals surface area contributed by atoms with Gasteiger partial charge in [0.2, 0.25) is 0 Å². The highest BCUT2D eigenvalue weighted by molar-refractivity contribution is 8.03. The maximum Gasteiger partial charge on any atom is 0.354 e. The van der Waals surface area contributed by atoms with E-state index in [1.54, 1.807) is 11.9 Å². The van der Waals surface area contributed by atoms with Gasteiger partial charge in [-0.15, -0.1) is 0 Å². The van der Waals surface area contributed by atoms with Gasteiger partial charge in [0.05, 0.1) is 11.6 Å². The molecule has 0 aromatic heterocycles. The fraction of sp³-hybridized carbons (Fsp3) is 0.312. The number of hydrazine groups is 1. The summed E-state index contributed by atoms with van der Waals surface area (Å²) in [6.07, 6.45) is 0.892. The van der Waals surface area contributed by atoms with Gasteiger partial charge >= 0.3 is 11.9 Å². The van der Waals surface area contributed by atoms with Gasteiger partial charge in [-0.2, -0.15) is 0 Å². The van der Waals surface area contributed by atoms with Crippen LogP contribution < -0.4 is 5.43 Å². The molecule has 0 spiro atoms. The minimum atomic E-state index is -1.12. The quantitative estimate of drug-likeness (QED) is 0.780. The molecule has 3 rings (SSSR count). The van der Waals surface area contributed by atoms with Crippen LogP contribution in [-0.4, -0.2) is 47.1 Å². The molecule has 0 saturated carbocycles. The Balaban J connectivity index is 1.88. The molecule has 126 valence electrons. The smallest absolute Gasteiger partial charge is 0.354 e. The monoisotopic (exact) mass is 347 g/mol. The lowest BCUT2D eigenvalue weighted by atomic mass is 10.1.